The molecule has 0 aromatic carbocycles. The molecule has 0 rings (SSSR count). The summed E-state index contributed by atoms with van der Waals surface area (Å²) in [7, 11) is 0. The minimum absolute atomic E-state index is 0.0195. The van der Waals surface area contributed by atoms with Crippen LogP contribution in [0.5, 0.6) is 0 Å². The van der Waals surface area contributed by atoms with Crippen molar-refractivity contribution in [1.29, 1.82) is 0 Å². The van der Waals surface area contributed by atoms with E-state index in [4.69, 9.17) is 5.84 Å². The van der Waals surface area contributed by atoms with Crippen molar-refractivity contribution in [1.82, 2.24) is 5.43 Å². The maximum absolute atomic E-state index is 10.5. The van der Waals surface area contributed by atoms with Gasteiger partial charge in [0.25, 0.3) is 0 Å². The van der Waals surface area contributed by atoms with Crippen LogP contribution in [-0.4, -0.2) is 12.7 Å². The van der Waals surface area contributed by atoms with Gasteiger partial charge < -0.3 is 4.74 Å². The number of esters is 1. The highest BCUT2D eigenvalue weighted by atomic mass is 16.5. The summed E-state index contributed by atoms with van der Waals surface area (Å²) in [6, 6.07) is 0. The number of hydrogen-bond acceptors (Lipinski definition) is 4. The molecule has 3 N–H and O–H groups in total. The van der Waals surface area contributed by atoms with Crippen LogP contribution in [0.1, 0.15) is 6.92 Å². The molecule has 0 aliphatic heterocycles. The number of carbonyl (C=O) groups is 1. The van der Waals surface area contributed by atoms with Gasteiger partial charge in [-0.05, 0) is 6.92 Å². The lowest BCUT2D eigenvalue weighted by atomic mass is 10.4. The van der Waals surface area contributed by atoms with Gasteiger partial charge in [-0.3, -0.25) is 5.84 Å². The first kappa shape index (κ1) is 8.13. The fourth-order valence-corrected chi connectivity index (χ4v) is 0.230. The number of nitrogens with one attached hydrogen (secondary N) is 1. The molecule has 0 aliphatic rings. The van der Waals surface area contributed by atoms with Gasteiger partial charge in [0.15, 0.2) is 6.73 Å². The molecule has 4 nitrogen and oxygen atoms in total. The summed E-state index contributed by atoms with van der Waals surface area (Å²) < 4.78 is 4.48. The molecular weight excluding hydrogens is 120 g/mol. The Bertz CT molecular complexity index is 122. The monoisotopic (exact) mass is 130 g/mol. The minimum atomic E-state index is -0.437. The molecule has 9 heavy (non-hydrogen) atoms. The van der Waals surface area contributed by atoms with Gasteiger partial charge in [0, 0.05) is 5.57 Å². The topological polar surface area (TPSA) is 64.3 Å². The van der Waals surface area contributed by atoms with Gasteiger partial charge in [-0.1, -0.05) is 6.58 Å². The molecule has 0 aromatic heterocycles. The highest BCUT2D eigenvalue weighted by Crippen LogP contribution is 1.88. The average Bonchev–Trinajstić information content (AvgIpc) is 1.82. The third kappa shape index (κ3) is 3.69. The van der Waals surface area contributed by atoms with Crippen LogP contribution in [0.25, 0.3) is 0 Å². The molecule has 0 unspecified atom stereocenters. The summed E-state index contributed by atoms with van der Waals surface area (Å²) in [6.45, 7) is 4.95. The Morgan fingerprint density at radius 3 is 2.78 bits per heavy atom. The van der Waals surface area contributed by atoms with E-state index in [9.17, 15) is 4.79 Å². The lowest BCUT2D eigenvalue weighted by Gasteiger charge is -2.00. The van der Waals surface area contributed by atoms with Crippen molar-refractivity contribution in [3.63, 3.8) is 0 Å². The smallest absolute Gasteiger partial charge is 0.334 e. The zero-order valence-corrected chi connectivity index (χ0v) is 5.31. The van der Waals surface area contributed by atoms with Crippen molar-refractivity contribution in [3.05, 3.63) is 12.2 Å². The first-order valence-corrected chi connectivity index (χ1v) is 2.44. The molecule has 0 aromatic rings. The second-order valence-corrected chi connectivity index (χ2v) is 1.56. The first-order valence-electron chi connectivity index (χ1n) is 2.44. The maximum Gasteiger partial charge on any atom is 0.334 e. The first-order chi connectivity index (χ1) is 4.18. The van der Waals surface area contributed by atoms with E-state index in [0.29, 0.717) is 5.57 Å². The van der Waals surface area contributed by atoms with Crippen molar-refractivity contribution in [2.75, 3.05) is 6.73 Å². The van der Waals surface area contributed by atoms with Crippen LogP contribution in [0.2, 0.25) is 0 Å². The predicted octanol–water partition coefficient (Wildman–Crippen LogP) is -0.473. The molecule has 0 fully saturated rings. The molecule has 0 aliphatic carbocycles. The van der Waals surface area contributed by atoms with Crippen LogP contribution in [0.3, 0.4) is 0 Å². The summed E-state index contributed by atoms with van der Waals surface area (Å²) in [6.07, 6.45) is 0. The molecule has 0 bridgehead atoms. The van der Waals surface area contributed by atoms with Crippen molar-refractivity contribution in [2.45, 2.75) is 6.92 Å². The molecule has 4 heteroatoms. The van der Waals surface area contributed by atoms with Gasteiger partial charge in [-0.25, -0.2) is 10.2 Å². The Labute approximate surface area is 53.6 Å². The molecule has 0 radical (unpaired) electrons. The Morgan fingerprint density at radius 1 is 1.89 bits per heavy atom. The van der Waals surface area contributed by atoms with Crippen LogP contribution in [-0.2, 0) is 9.53 Å². The summed E-state index contributed by atoms with van der Waals surface area (Å²) in [4.78, 5) is 10.5. The SMILES string of the molecule is C=C(C)C(=O)OCNN. The van der Waals surface area contributed by atoms with Gasteiger partial charge in [0.2, 0.25) is 0 Å². The summed E-state index contributed by atoms with van der Waals surface area (Å²) in [5, 5.41) is 0. The molecule has 0 atom stereocenters. The van der Waals surface area contributed by atoms with Gasteiger partial charge >= 0.3 is 5.97 Å². The second kappa shape index (κ2) is 4.05. The number of carbonyl (C=O) groups excluding carboxylic acids is 1. The second-order valence-electron chi connectivity index (χ2n) is 1.56. The third-order valence-electron chi connectivity index (χ3n) is 0.635. The van der Waals surface area contributed by atoms with Crippen LogP contribution in [0.15, 0.2) is 12.2 Å². The summed E-state index contributed by atoms with van der Waals surface area (Å²) in [5.41, 5.74) is 2.54. The van der Waals surface area contributed by atoms with Gasteiger partial charge in [-0.2, -0.15) is 0 Å². The minimum Gasteiger partial charge on any atom is -0.445 e. The van der Waals surface area contributed by atoms with E-state index in [1.54, 1.807) is 6.92 Å². The van der Waals surface area contributed by atoms with Crippen LogP contribution in [0, 0.1) is 0 Å². The van der Waals surface area contributed by atoms with Crippen molar-refractivity contribution >= 4 is 5.97 Å². The van der Waals surface area contributed by atoms with E-state index in [2.05, 4.69) is 16.7 Å². The fourth-order valence-electron chi connectivity index (χ4n) is 0.230. The number of hydrazine groups is 1. The number of ether oxygens (including phenoxy) is 1. The van der Waals surface area contributed by atoms with Crippen LogP contribution < -0.4 is 11.3 Å². The van der Waals surface area contributed by atoms with E-state index < -0.39 is 5.97 Å². The zero-order chi connectivity index (χ0) is 7.28. The lowest BCUT2D eigenvalue weighted by molar-refractivity contribution is -0.139. The molecule has 0 heterocycles. The number of rotatable bonds is 3. The van der Waals surface area contributed by atoms with E-state index in [0.717, 1.165) is 0 Å². The molecule has 0 saturated carbocycles. The summed E-state index contributed by atoms with van der Waals surface area (Å²) >= 11 is 0. The number of hydrogen-bond donors (Lipinski definition) is 2. The molecule has 0 amide bonds. The van der Waals surface area contributed by atoms with E-state index in [1.165, 1.54) is 0 Å². The highest BCUT2D eigenvalue weighted by molar-refractivity contribution is 5.86. The van der Waals surface area contributed by atoms with E-state index >= 15 is 0 Å². The predicted molar refractivity (Wildman–Crippen MR) is 33.1 cm³/mol. The Hall–Kier alpha value is -0.870. The standard InChI is InChI=1S/C5H10N2O2/c1-4(2)5(8)9-3-7-6/h7H,1,3,6H2,2H3. The maximum atomic E-state index is 10.5. The summed E-state index contributed by atoms with van der Waals surface area (Å²) in [5.74, 6) is 4.38. The molecule has 52 valence electrons. The zero-order valence-electron chi connectivity index (χ0n) is 5.31. The quantitative estimate of drug-likeness (QED) is 0.178. The Balaban J connectivity index is 3.39. The van der Waals surface area contributed by atoms with E-state index in [1.807, 2.05) is 0 Å². The van der Waals surface area contributed by atoms with Crippen LogP contribution in [0.4, 0.5) is 0 Å². The van der Waals surface area contributed by atoms with Crippen molar-refractivity contribution in [2.24, 2.45) is 5.84 Å². The lowest BCUT2D eigenvalue weighted by Crippen LogP contribution is -2.26. The molecular formula is C5H10N2O2. The molecule has 0 spiro atoms. The normalized spacial score (nSPS) is 8.67. The van der Waals surface area contributed by atoms with Crippen LogP contribution >= 0.6 is 0 Å². The van der Waals surface area contributed by atoms with Gasteiger partial charge in [0.05, 0.1) is 0 Å². The Morgan fingerprint density at radius 2 is 2.44 bits per heavy atom. The fraction of sp³-hybridized carbons (Fsp3) is 0.400. The van der Waals surface area contributed by atoms with E-state index in [-0.39, 0.29) is 6.73 Å². The largest absolute Gasteiger partial charge is 0.445 e. The number of nitrogens with two attached hydrogens (primary N) is 1. The highest BCUT2D eigenvalue weighted by Gasteiger charge is 1.99. The van der Waals surface area contributed by atoms with Crippen molar-refractivity contribution in [3.8, 4) is 0 Å². The average molecular weight is 130 g/mol. The Kier molecular flexibility index (Phi) is 3.66. The van der Waals surface area contributed by atoms with Crippen molar-refractivity contribution < 1.29 is 9.53 Å². The molecule has 0 saturated heterocycles. The van der Waals surface area contributed by atoms with Gasteiger partial charge in [-0.15, -0.1) is 0 Å². The van der Waals surface area contributed by atoms with Gasteiger partial charge in [0.1, 0.15) is 0 Å². The third-order valence-corrected chi connectivity index (χ3v) is 0.635.